The molecule has 0 radical (unpaired) electrons. The molecule has 1 aliphatic rings. The fourth-order valence-electron chi connectivity index (χ4n) is 2.86. The molecule has 4 amide bonds. The van der Waals surface area contributed by atoms with Gasteiger partial charge >= 0.3 is 12.2 Å². The second-order valence-electron chi connectivity index (χ2n) is 6.33. The maximum absolute atomic E-state index is 13.8. The summed E-state index contributed by atoms with van der Waals surface area (Å²) in [6.45, 7) is -0.307. The van der Waals surface area contributed by atoms with Crippen LogP contribution in [0.2, 0.25) is 0 Å². The van der Waals surface area contributed by atoms with E-state index in [4.69, 9.17) is 0 Å². The van der Waals surface area contributed by atoms with Gasteiger partial charge in [-0.25, -0.2) is 9.18 Å². The maximum Gasteiger partial charge on any atom is 0.440 e. The zero-order valence-corrected chi connectivity index (χ0v) is 14.8. The molecule has 10 heteroatoms. The minimum atomic E-state index is -5.31. The van der Waals surface area contributed by atoms with Gasteiger partial charge in [-0.15, -0.1) is 0 Å². The van der Waals surface area contributed by atoms with Gasteiger partial charge in [0.15, 0.2) is 0 Å². The zero-order valence-electron chi connectivity index (χ0n) is 14.8. The number of hydrogen-bond donors (Lipinski definition) is 2. The predicted octanol–water partition coefficient (Wildman–Crippen LogP) is 2.61. The summed E-state index contributed by atoms with van der Waals surface area (Å²) in [6, 6.07) is 11.0. The van der Waals surface area contributed by atoms with Crippen LogP contribution in [0.4, 0.5) is 22.4 Å². The van der Waals surface area contributed by atoms with Crippen LogP contribution in [0.15, 0.2) is 54.6 Å². The van der Waals surface area contributed by atoms with Gasteiger partial charge in [0, 0.05) is 12.1 Å². The SMILES string of the molecule is O=C(N[C@@]1(C(F)(F)F)NC(=O)N(CCc2ccccc2)C1=O)c1ccc(F)cc1. The molecule has 2 aromatic carbocycles. The van der Waals surface area contributed by atoms with Crippen LogP contribution < -0.4 is 10.6 Å². The van der Waals surface area contributed by atoms with Crippen LogP contribution in [0.25, 0.3) is 0 Å². The van der Waals surface area contributed by atoms with E-state index in [-0.39, 0.29) is 18.5 Å². The minimum Gasteiger partial charge on any atom is -0.314 e. The van der Waals surface area contributed by atoms with Crippen molar-refractivity contribution >= 4 is 17.8 Å². The number of imide groups is 1. The lowest BCUT2D eigenvalue weighted by atomic mass is 10.1. The molecule has 2 N–H and O–H groups in total. The third-order valence-electron chi connectivity index (χ3n) is 4.41. The van der Waals surface area contributed by atoms with Crippen molar-refractivity contribution in [1.82, 2.24) is 15.5 Å². The van der Waals surface area contributed by atoms with Crippen LogP contribution in [0.3, 0.4) is 0 Å². The van der Waals surface area contributed by atoms with Crippen molar-refractivity contribution in [2.24, 2.45) is 0 Å². The van der Waals surface area contributed by atoms with Gasteiger partial charge in [-0.2, -0.15) is 13.2 Å². The van der Waals surface area contributed by atoms with E-state index in [1.165, 1.54) is 0 Å². The van der Waals surface area contributed by atoms with E-state index in [0.29, 0.717) is 10.5 Å². The van der Waals surface area contributed by atoms with E-state index in [1.807, 2.05) is 0 Å². The molecular formula is C19H15F4N3O3. The number of hydrogen-bond acceptors (Lipinski definition) is 3. The van der Waals surface area contributed by atoms with Gasteiger partial charge in [-0.05, 0) is 36.2 Å². The van der Waals surface area contributed by atoms with Crippen LogP contribution >= 0.6 is 0 Å². The molecule has 29 heavy (non-hydrogen) atoms. The van der Waals surface area contributed by atoms with Gasteiger partial charge in [0.05, 0.1) is 0 Å². The van der Waals surface area contributed by atoms with Crippen molar-refractivity contribution in [1.29, 1.82) is 0 Å². The number of halogens is 4. The van der Waals surface area contributed by atoms with Gasteiger partial charge < -0.3 is 5.32 Å². The Balaban J connectivity index is 1.84. The maximum atomic E-state index is 13.8. The Kier molecular flexibility index (Phi) is 5.27. The van der Waals surface area contributed by atoms with E-state index < -0.39 is 35.5 Å². The van der Waals surface area contributed by atoms with Crippen molar-refractivity contribution in [3.8, 4) is 0 Å². The van der Waals surface area contributed by atoms with E-state index in [2.05, 4.69) is 0 Å². The molecule has 0 aliphatic carbocycles. The predicted molar refractivity (Wildman–Crippen MR) is 93.0 cm³/mol. The molecule has 0 bridgehead atoms. The van der Waals surface area contributed by atoms with Gasteiger partial charge in [0.2, 0.25) is 0 Å². The van der Waals surface area contributed by atoms with Crippen LogP contribution in [0, 0.1) is 5.82 Å². The van der Waals surface area contributed by atoms with Crippen LogP contribution in [-0.4, -0.2) is 41.1 Å². The number of benzene rings is 2. The summed E-state index contributed by atoms with van der Waals surface area (Å²) in [7, 11) is 0. The standard InChI is InChI=1S/C19H15F4N3O3/c20-14-8-6-13(7-9-14)15(27)24-18(19(21,22)23)16(28)26(17(29)25-18)11-10-12-4-2-1-3-5-12/h1-9H,10-11H2,(H,24,27)(H,25,29)/t18-/m1/s1. The molecule has 1 fully saturated rings. The molecule has 152 valence electrons. The highest BCUT2D eigenvalue weighted by molar-refractivity contribution is 6.10. The minimum absolute atomic E-state index is 0.139. The van der Waals surface area contributed by atoms with E-state index in [9.17, 15) is 31.9 Å². The van der Waals surface area contributed by atoms with Crippen LogP contribution in [-0.2, 0) is 11.2 Å². The number of alkyl halides is 3. The van der Waals surface area contributed by atoms with Crippen molar-refractivity contribution in [2.45, 2.75) is 18.3 Å². The highest BCUT2D eigenvalue weighted by Crippen LogP contribution is 2.34. The molecule has 1 saturated heterocycles. The second-order valence-corrected chi connectivity index (χ2v) is 6.33. The third-order valence-corrected chi connectivity index (χ3v) is 4.41. The zero-order chi connectivity index (χ0) is 21.2. The summed E-state index contributed by atoms with van der Waals surface area (Å²) in [6.07, 6.45) is -5.17. The molecule has 6 nitrogen and oxygen atoms in total. The molecular weight excluding hydrogens is 394 g/mol. The van der Waals surface area contributed by atoms with E-state index in [1.54, 1.807) is 41.0 Å². The van der Waals surface area contributed by atoms with Crippen LogP contribution in [0.1, 0.15) is 15.9 Å². The summed E-state index contributed by atoms with van der Waals surface area (Å²) in [4.78, 5) is 37.4. The Bertz CT molecular complexity index is 932. The smallest absolute Gasteiger partial charge is 0.314 e. The highest BCUT2D eigenvalue weighted by atomic mass is 19.4. The topological polar surface area (TPSA) is 78.5 Å². The number of carbonyl (C=O) groups excluding carboxylic acids is 3. The molecule has 2 aromatic rings. The number of rotatable bonds is 5. The Morgan fingerprint density at radius 1 is 1.03 bits per heavy atom. The summed E-state index contributed by atoms with van der Waals surface area (Å²) in [5, 5.41) is 3.13. The lowest BCUT2D eigenvalue weighted by Gasteiger charge is -2.29. The lowest BCUT2D eigenvalue weighted by molar-refractivity contribution is -0.200. The lowest BCUT2D eigenvalue weighted by Crippen LogP contribution is -2.69. The Hall–Kier alpha value is -3.43. The number of nitrogens with one attached hydrogen (secondary N) is 2. The second kappa shape index (κ2) is 7.53. The normalized spacial score (nSPS) is 19.2. The largest absolute Gasteiger partial charge is 0.440 e. The molecule has 3 rings (SSSR count). The fourth-order valence-corrected chi connectivity index (χ4v) is 2.86. The third kappa shape index (κ3) is 3.91. The van der Waals surface area contributed by atoms with E-state index in [0.717, 1.165) is 24.3 Å². The van der Waals surface area contributed by atoms with Gasteiger partial charge in [0.1, 0.15) is 5.82 Å². The van der Waals surface area contributed by atoms with Gasteiger partial charge in [-0.3, -0.25) is 19.8 Å². The monoisotopic (exact) mass is 409 g/mol. The Morgan fingerprint density at radius 3 is 2.24 bits per heavy atom. The number of nitrogens with zero attached hydrogens (tertiary/aromatic N) is 1. The Morgan fingerprint density at radius 2 is 1.66 bits per heavy atom. The number of amides is 4. The van der Waals surface area contributed by atoms with Crippen molar-refractivity contribution < 1.29 is 31.9 Å². The molecule has 0 saturated carbocycles. The van der Waals surface area contributed by atoms with Gasteiger partial charge in [0.25, 0.3) is 17.5 Å². The molecule has 0 spiro atoms. The number of urea groups is 1. The van der Waals surface area contributed by atoms with E-state index >= 15 is 0 Å². The summed E-state index contributed by atoms with van der Waals surface area (Å²) < 4.78 is 54.3. The first-order valence-electron chi connectivity index (χ1n) is 8.47. The first kappa shape index (κ1) is 20.3. The first-order valence-corrected chi connectivity index (χ1v) is 8.47. The fraction of sp³-hybridized carbons (Fsp3) is 0.211. The van der Waals surface area contributed by atoms with Crippen molar-refractivity contribution in [3.63, 3.8) is 0 Å². The Labute approximate surface area is 162 Å². The summed E-state index contributed by atoms with van der Waals surface area (Å²) >= 11 is 0. The average Bonchev–Trinajstić information content (AvgIpc) is 2.92. The van der Waals surface area contributed by atoms with Crippen LogP contribution in [0.5, 0.6) is 0 Å². The molecule has 1 atom stereocenters. The van der Waals surface area contributed by atoms with Crippen molar-refractivity contribution in [2.75, 3.05) is 6.54 Å². The van der Waals surface area contributed by atoms with Gasteiger partial charge in [-0.1, -0.05) is 30.3 Å². The molecule has 1 aliphatic heterocycles. The summed E-state index contributed by atoms with van der Waals surface area (Å²) in [5.74, 6) is -3.62. The highest BCUT2D eigenvalue weighted by Gasteiger charge is 2.68. The molecule has 0 aromatic heterocycles. The van der Waals surface area contributed by atoms with Crippen molar-refractivity contribution in [3.05, 3.63) is 71.5 Å². The first-order chi connectivity index (χ1) is 13.6. The summed E-state index contributed by atoms with van der Waals surface area (Å²) in [5.41, 5.74) is -3.19. The average molecular weight is 409 g/mol. The number of carbonyl (C=O) groups is 3. The molecule has 0 unspecified atom stereocenters. The molecule has 1 heterocycles. The quantitative estimate of drug-likeness (QED) is 0.589.